The second-order valence-corrected chi connectivity index (χ2v) is 5.07. The molecule has 0 fully saturated rings. The molecular formula is C16H20N2O3. The number of carbonyl (C=O) groups excluding carboxylic acids is 1. The maximum Gasteiger partial charge on any atom is 0.365 e. The van der Waals surface area contributed by atoms with Crippen molar-refractivity contribution in [3.05, 3.63) is 54.1 Å². The second-order valence-electron chi connectivity index (χ2n) is 5.07. The number of imidazole rings is 1. The van der Waals surface area contributed by atoms with E-state index in [4.69, 9.17) is 4.74 Å². The van der Waals surface area contributed by atoms with Gasteiger partial charge in [-0.25, -0.2) is 9.78 Å². The summed E-state index contributed by atoms with van der Waals surface area (Å²) in [5.41, 5.74) is -1.46. The number of nitrogens with zero attached hydrogens (tertiary/aromatic N) is 2. The number of aromatic nitrogens is 2. The van der Waals surface area contributed by atoms with Crippen molar-refractivity contribution in [2.24, 2.45) is 0 Å². The fourth-order valence-electron chi connectivity index (χ4n) is 2.27. The number of hydrogen-bond acceptors (Lipinski definition) is 4. The van der Waals surface area contributed by atoms with Gasteiger partial charge in [0.05, 0.1) is 6.61 Å². The minimum Gasteiger partial charge on any atom is -0.462 e. The predicted molar refractivity (Wildman–Crippen MR) is 78.7 cm³/mol. The van der Waals surface area contributed by atoms with E-state index in [1.807, 2.05) is 19.9 Å². The number of carbonyl (C=O) groups is 1. The lowest BCUT2D eigenvalue weighted by Crippen LogP contribution is -2.45. The van der Waals surface area contributed by atoms with E-state index >= 15 is 0 Å². The van der Waals surface area contributed by atoms with Crippen LogP contribution >= 0.6 is 0 Å². The van der Waals surface area contributed by atoms with Gasteiger partial charge in [-0.15, -0.1) is 0 Å². The second kappa shape index (κ2) is 6.10. The number of rotatable bonds is 5. The van der Waals surface area contributed by atoms with Crippen molar-refractivity contribution < 1.29 is 14.6 Å². The third-order valence-electron chi connectivity index (χ3n) is 3.27. The summed E-state index contributed by atoms with van der Waals surface area (Å²) in [6, 6.07) is 8.76. The Morgan fingerprint density at radius 3 is 2.62 bits per heavy atom. The zero-order chi connectivity index (χ0) is 15.5. The minimum absolute atomic E-state index is 0.0599. The highest BCUT2D eigenvalue weighted by molar-refractivity contribution is 5.81. The van der Waals surface area contributed by atoms with Crippen LogP contribution < -0.4 is 0 Å². The average molecular weight is 288 g/mol. The first-order chi connectivity index (χ1) is 10.0. The lowest BCUT2D eigenvalue weighted by Gasteiger charge is -2.29. The Hall–Kier alpha value is -2.14. The van der Waals surface area contributed by atoms with Crippen molar-refractivity contribution in [1.82, 2.24) is 9.55 Å². The van der Waals surface area contributed by atoms with E-state index in [9.17, 15) is 9.90 Å². The van der Waals surface area contributed by atoms with Crippen molar-refractivity contribution in [3.63, 3.8) is 0 Å². The Kier molecular flexibility index (Phi) is 4.43. The molecule has 2 rings (SSSR count). The van der Waals surface area contributed by atoms with Crippen molar-refractivity contribution >= 4 is 5.97 Å². The zero-order valence-corrected chi connectivity index (χ0v) is 12.5. The highest BCUT2D eigenvalue weighted by Gasteiger charge is 2.43. The molecule has 1 N–H and O–H groups in total. The summed E-state index contributed by atoms with van der Waals surface area (Å²) in [7, 11) is 0. The minimum atomic E-state index is -1.91. The Balaban J connectivity index is 2.61. The molecule has 2 aromatic rings. The summed E-state index contributed by atoms with van der Waals surface area (Å²) >= 11 is 0. The van der Waals surface area contributed by atoms with Gasteiger partial charge < -0.3 is 9.84 Å². The summed E-state index contributed by atoms with van der Waals surface area (Å²) in [5.74, 6) is -0.0323. The molecule has 21 heavy (non-hydrogen) atoms. The monoisotopic (exact) mass is 288 g/mol. The van der Waals surface area contributed by atoms with Crippen LogP contribution in [0.5, 0.6) is 0 Å². The first kappa shape index (κ1) is 15.3. The number of benzene rings is 1. The molecular weight excluding hydrogens is 268 g/mol. The first-order valence-corrected chi connectivity index (χ1v) is 7.00. The first-order valence-electron chi connectivity index (χ1n) is 7.00. The third kappa shape index (κ3) is 2.69. The molecule has 0 radical (unpaired) electrons. The molecule has 112 valence electrons. The topological polar surface area (TPSA) is 64.3 Å². The average Bonchev–Trinajstić information content (AvgIpc) is 2.97. The quantitative estimate of drug-likeness (QED) is 0.857. The lowest BCUT2D eigenvalue weighted by atomic mass is 10.0. The number of ether oxygens (including phenoxy) is 1. The van der Waals surface area contributed by atoms with Gasteiger partial charge >= 0.3 is 5.97 Å². The smallest absolute Gasteiger partial charge is 0.365 e. The molecule has 5 nitrogen and oxygen atoms in total. The molecule has 1 aromatic heterocycles. The van der Waals surface area contributed by atoms with Gasteiger partial charge in [0.2, 0.25) is 0 Å². The Morgan fingerprint density at radius 1 is 1.38 bits per heavy atom. The van der Waals surface area contributed by atoms with E-state index in [2.05, 4.69) is 4.98 Å². The molecule has 0 saturated heterocycles. The molecule has 0 spiro atoms. The molecule has 0 aliphatic heterocycles. The maximum atomic E-state index is 12.4. The van der Waals surface area contributed by atoms with Crippen LogP contribution in [0.15, 0.2) is 42.7 Å². The summed E-state index contributed by atoms with van der Waals surface area (Å²) in [6.45, 7) is 5.81. The molecule has 5 heteroatoms. The van der Waals surface area contributed by atoms with Crippen LogP contribution in [0, 0.1) is 0 Å². The summed E-state index contributed by atoms with van der Waals surface area (Å²) < 4.78 is 6.56. The predicted octanol–water partition coefficient (Wildman–Crippen LogP) is 2.26. The van der Waals surface area contributed by atoms with Crippen LogP contribution in [-0.4, -0.2) is 27.2 Å². The van der Waals surface area contributed by atoms with Crippen LogP contribution in [0.1, 0.15) is 38.1 Å². The van der Waals surface area contributed by atoms with Gasteiger partial charge in [-0.05, 0) is 6.92 Å². The zero-order valence-electron chi connectivity index (χ0n) is 12.5. The summed E-state index contributed by atoms with van der Waals surface area (Å²) in [4.78, 5) is 16.7. The van der Waals surface area contributed by atoms with Crippen LogP contribution in [0.2, 0.25) is 0 Å². The van der Waals surface area contributed by atoms with E-state index in [0.29, 0.717) is 11.4 Å². The number of aliphatic hydroxyl groups is 1. The standard InChI is InChI=1S/C16H20N2O3/c1-4-21-15(19)16(20,13-8-6-5-7-9-13)18-11-10-17-14(18)12(2)3/h5-12,20H,4H2,1-3H3. The number of hydrogen-bond donors (Lipinski definition) is 1. The van der Waals surface area contributed by atoms with Gasteiger partial charge in [0, 0.05) is 23.9 Å². The molecule has 0 saturated carbocycles. The Labute approximate surface area is 124 Å². The van der Waals surface area contributed by atoms with Crippen LogP contribution in [0.25, 0.3) is 0 Å². The summed E-state index contributed by atoms with van der Waals surface area (Å²) in [5, 5.41) is 11.1. The van der Waals surface area contributed by atoms with Crippen molar-refractivity contribution in [2.75, 3.05) is 6.61 Å². The van der Waals surface area contributed by atoms with Gasteiger partial charge in [-0.1, -0.05) is 44.2 Å². The molecule has 1 heterocycles. The summed E-state index contributed by atoms with van der Waals surface area (Å²) in [6.07, 6.45) is 3.17. The van der Waals surface area contributed by atoms with Gasteiger partial charge in [-0.3, -0.25) is 4.57 Å². The van der Waals surface area contributed by atoms with Crippen LogP contribution in [0.4, 0.5) is 0 Å². The van der Waals surface area contributed by atoms with E-state index in [0.717, 1.165) is 0 Å². The van der Waals surface area contributed by atoms with Crippen molar-refractivity contribution in [1.29, 1.82) is 0 Å². The molecule has 1 atom stereocenters. The molecule has 0 amide bonds. The fourth-order valence-corrected chi connectivity index (χ4v) is 2.27. The van der Waals surface area contributed by atoms with Gasteiger partial charge in [0.15, 0.2) is 0 Å². The SMILES string of the molecule is CCOC(=O)C(O)(c1ccccc1)n1ccnc1C(C)C. The highest BCUT2D eigenvalue weighted by Crippen LogP contribution is 2.29. The number of esters is 1. The molecule has 0 bridgehead atoms. The maximum absolute atomic E-state index is 12.4. The molecule has 1 aromatic carbocycles. The molecule has 0 aliphatic carbocycles. The van der Waals surface area contributed by atoms with Gasteiger partial charge in [0.25, 0.3) is 5.72 Å². The van der Waals surface area contributed by atoms with Gasteiger partial charge in [-0.2, -0.15) is 0 Å². The molecule has 1 unspecified atom stereocenters. The Morgan fingerprint density at radius 2 is 2.05 bits per heavy atom. The third-order valence-corrected chi connectivity index (χ3v) is 3.27. The van der Waals surface area contributed by atoms with E-state index in [1.54, 1.807) is 43.6 Å². The van der Waals surface area contributed by atoms with Crippen LogP contribution in [-0.2, 0) is 15.3 Å². The van der Waals surface area contributed by atoms with Gasteiger partial charge in [0.1, 0.15) is 5.82 Å². The lowest BCUT2D eigenvalue weighted by molar-refractivity contribution is -0.170. The van der Waals surface area contributed by atoms with E-state index < -0.39 is 11.7 Å². The fraction of sp³-hybridized carbons (Fsp3) is 0.375. The highest BCUT2D eigenvalue weighted by atomic mass is 16.6. The Bertz CT molecular complexity index is 607. The van der Waals surface area contributed by atoms with E-state index in [-0.39, 0.29) is 12.5 Å². The van der Waals surface area contributed by atoms with Crippen LogP contribution in [0.3, 0.4) is 0 Å². The van der Waals surface area contributed by atoms with Crippen molar-refractivity contribution in [3.8, 4) is 0 Å². The normalized spacial score (nSPS) is 14.0. The van der Waals surface area contributed by atoms with E-state index in [1.165, 1.54) is 4.57 Å². The van der Waals surface area contributed by atoms with Crippen molar-refractivity contribution in [2.45, 2.75) is 32.4 Å². The largest absolute Gasteiger partial charge is 0.462 e. The molecule has 0 aliphatic rings.